The Labute approximate surface area is 143 Å². The second-order valence-corrected chi connectivity index (χ2v) is 8.61. The van der Waals surface area contributed by atoms with Crippen molar-refractivity contribution in [2.75, 3.05) is 0 Å². The lowest BCUT2D eigenvalue weighted by atomic mass is 9.68. The largest absolute Gasteiger partial charge is 0.403 e. The van der Waals surface area contributed by atoms with E-state index in [9.17, 15) is 26.3 Å². The summed E-state index contributed by atoms with van der Waals surface area (Å²) in [4.78, 5) is 1.01. The molecule has 0 aromatic carbocycles. The molecular weight excluding hydrogens is 370 g/mol. The molecule has 0 spiro atoms. The van der Waals surface area contributed by atoms with Crippen LogP contribution in [0, 0.1) is 19.3 Å². The number of thiophene rings is 2. The van der Waals surface area contributed by atoms with Gasteiger partial charge in [-0.3, -0.25) is 0 Å². The molecule has 8 heteroatoms. The molecule has 1 saturated carbocycles. The van der Waals surface area contributed by atoms with Gasteiger partial charge in [-0.2, -0.15) is 26.3 Å². The molecule has 0 N–H and O–H groups in total. The number of hydrogen-bond acceptors (Lipinski definition) is 2. The highest BCUT2D eigenvalue weighted by Crippen LogP contribution is 2.61. The molecule has 0 unspecified atom stereocenters. The zero-order valence-corrected chi connectivity index (χ0v) is 14.7. The van der Waals surface area contributed by atoms with Crippen LogP contribution >= 0.6 is 22.7 Å². The van der Waals surface area contributed by atoms with E-state index in [1.807, 2.05) is 19.2 Å². The van der Waals surface area contributed by atoms with E-state index in [0.717, 1.165) is 25.4 Å². The maximum Gasteiger partial charge on any atom is 0.403 e. The minimum Gasteiger partial charge on any atom is -0.170 e. The summed E-state index contributed by atoms with van der Waals surface area (Å²) in [5.74, 6) is -0.227. The van der Waals surface area contributed by atoms with Crippen LogP contribution in [-0.2, 0) is 0 Å². The summed E-state index contributed by atoms with van der Waals surface area (Å²) < 4.78 is 81.2. The van der Waals surface area contributed by atoms with E-state index < -0.39 is 30.6 Å². The van der Waals surface area contributed by atoms with Crippen LogP contribution in [0.25, 0.3) is 9.40 Å². The second kappa shape index (κ2) is 5.62. The number of aryl methyl sites for hydroxylation is 2. The molecule has 1 fully saturated rings. The SMILES string of the molecule is Cc1sc2c(C)csc2c1C1CCC(C(F)(F)F)(C(F)(F)F)CC1. The van der Waals surface area contributed by atoms with E-state index in [0.29, 0.717) is 0 Å². The number of rotatable bonds is 1. The fourth-order valence-electron chi connectivity index (χ4n) is 3.71. The van der Waals surface area contributed by atoms with Crippen molar-refractivity contribution in [3.8, 4) is 0 Å². The first kappa shape index (κ1) is 18.0. The Morgan fingerprint density at radius 2 is 1.50 bits per heavy atom. The van der Waals surface area contributed by atoms with Crippen LogP contribution in [0.5, 0.6) is 0 Å². The predicted molar refractivity (Wildman–Crippen MR) is 84.9 cm³/mol. The summed E-state index contributed by atoms with van der Waals surface area (Å²) >= 11 is 3.11. The predicted octanol–water partition coefficient (Wildman–Crippen LogP) is 7.35. The molecule has 2 heterocycles. The van der Waals surface area contributed by atoms with Crippen LogP contribution in [0.4, 0.5) is 26.3 Å². The van der Waals surface area contributed by atoms with Crippen molar-refractivity contribution in [2.45, 2.75) is 57.8 Å². The average molecular weight is 386 g/mol. The van der Waals surface area contributed by atoms with Gasteiger partial charge in [-0.25, -0.2) is 0 Å². The van der Waals surface area contributed by atoms with Gasteiger partial charge >= 0.3 is 12.4 Å². The third-order valence-electron chi connectivity index (χ3n) is 5.13. The summed E-state index contributed by atoms with van der Waals surface area (Å²) in [6.45, 7) is 3.87. The quantitative estimate of drug-likeness (QED) is 0.450. The molecule has 0 saturated heterocycles. The van der Waals surface area contributed by atoms with Crippen molar-refractivity contribution in [3.63, 3.8) is 0 Å². The summed E-state index contributed by atoms with van der Waals surface area (Å²) in [6, 6.07) is 0. The first-order valence-corrected chi connectivity index (χ1v) is 9.28. The van der Waals surface area contributed by atoms with Crippen molar-refractivity contribution >= 4 is 32.1 Å². The first-order valence-electron chi connectivity index (χ1n) is 7.58. The van der Waals surface area contributed by atoms with Crippen LogP contribution in [0.2, 0.25) is 0 Å². The molecule has 3 rings (SSSR count). The monoisotopic (exact) mass is 386 g/mol. The van der Waals surface area contributed by atoms with E-state index in [4.69, 9.17) is 0 Å². The van der Waals surface area contributed by atoms with E-state index >= 15 is 0 Å². The number of fused-ring (bicyclic) bond motifs is 1. The molecule has 24 heavy (non-hydrogen) atoms. The van der Waals surface area contributed by atoms with E-state index in [1.54, 1.807) is 11.3 Å². The van der Waals surface area contributed by atoms with Crippen LogP contribution in [0.1, 0.15) is 47.6 Å². The molecule has 0 nitrogen and oxygen atoms in total. The lowest BCUT2D eigenvalue weighted by Gasteiger charge is -2.42. The van der Waals surface area contributed by atoms with Crippen molar-refractivity contribution < 1.29 is 26.3 Å². The Morgan fingerprint density at radius 3 is 2.00 bits per heavy atom. The summed E-state index contributed by atoms with van der Waals surface area (Å²) in [5, 5.41) is 1.99. The molecule has 134 valence electrons. The zero-order chi connectivity index (χ0) is 17.9. The van der Waals surface area contributed by atoms with Gasteiger partial charge in [-0.05, 0) is 62.0 Å². The third kappa shape index (κ3) is 2.57. The van der Waals surface area contributed by atoms with Gasteiger partial charge < -0.3 is 0 Å². The number of hydrogen-bond donors (Lipinski definition) is 0. The smallest absolute Gasteiger partial charge is 0.170 e. The fraction of sp³-hybridized carbons (Fsp3) is 0.625. The van der Waals surface area contributed by atoms with Gasteiger partial charge in [0.2, 0.25) is 0 Å². The third-order valence-corrected chi connectivity index (χ3v) is 7.65. The lowest BCUT2D eigenvalue weighted by molar-refractivity contribution is -0.350. The minimum atomic E-state index is -5.26. The molecule has 1 aliphatic carbocycles. The molecule has 0 atom stereocenters. The van der Waals surface area contributed by atoms with Gasteiger partial charge in [-0.1, -0.05) is 0 Å². The highest BCUT2D eigenvalue weighted by molar-refractivity contribution is 7.27. The Bertz CT molecular complexity index is 725. The van der Waals surface area contributed by atoms with Gasteiger partial charge in [0, 0.05) is 14.3 Å². The van der Waals surface area contributed by atoms with E-state index in [2.05, 4.69) is 0 Å². The molecule has 0 aliphatic heterocycles. The highest BCUT2D eigenvalue weighted by Gasteiger charge is 2.70. The lowest BCUT2D eigenvalue weighted by Crippen LogP contribution is -2.51. The Hall–Kier alpha value is -0.760. The van der Waals surface area contributed by atoms with Crippen LogP contribution in [-0.4, -0.2) is 12.4 Å². The molecule has 0 radical (unpaired) electrons. The normalized spacial score (nSPS) is 20.0. The van der Waals surface area contributed by atoms with Crippen molar-refractivity contribution in [3.05, 3.63) is 21.4 Å². The second-order valence-electron chi connectivity index (χ2n) is 6.50. The molecule has 0 bridgehead atoms. The zero-order valence-electron chi connectivity index (χ0n) is 13.1. The van der Waals surface area contributed by atoms with E-state index in [-0.39, 0.29) is 18.8 Å². The molecular formula is C16H16F6S2. The van der Waals surface area contributed by atoms with Gasteiger partial charge in [0.1, 0.15) is 0 Å². The standard InChI is InChI=1S/C16H16F6S2/c1-8-7-23-13-11(9(2)24-12(8)13)10-3-5-14(6-4-10,15(17,18)19)16(20,21)22/h7,10H,3-6H2,1-2H3. The van der Waals surface area contributed by atoms with Gasteiger partial charge in [-0.15, -0.1) is 22.7 Å². The number of alkyl halides is 6. The maximum atomic E-state index is 13.2. The van der Waals surface area contributed by atoms with Crippen molar-refractivity contribution in [1.29, 1.82) is 0 Å². The molecule has 0 amide bonds. The van der Waals surface area contributed by atoms with E-state index in [1.165, 1.54) is 11.3 Å². The molecule has 2 aromatic heterocycles. The van der Waals surface area contributed by atoms with Crippen molar-refractivity contribution in [1.82, 2.24) is 0 Å². The highest BCUT2D eigenvalue weighted by atomic mass is 32.1. The molecule has 2 aromatic rings. The maximum absolute atomic E-state index is 13.2. The van der Waals surface area contributed by atoms with Crippen LogP contribution < -0.4 is 0 Å². The Balaban J connectivity index is 1.93. The van der Waals surface area contributed by atoms with Gasteiger partial charge in [0.05, 0.1) is 0 Å². The summed E-state index contributed by atoms with van der Waals surface area (Å²) in [6.07, 6.45) is -12.4. The van der Waals surface area contributed by atoms with Crippen LogP contribution in [0.3, 0.4) is 0 Å². The van der Waals surface area contributed by atoms with Gasteiger partial charge in [0.25, 0.3) is 0 Å². The van der Waals surface area contributed by atoms with Gasteiger partial charge in [0.15, 0.2) is 5.41 Å². The van der Waals surface area contributed by atoms with Crippen LogP contribution in [0.15, 0.2) is 5.38 Å². The minimum absolute atomic E-state index is 0.0807. The summed E-state index contributed by atoms with van der Waals surface area (Å²) in [7, 11) is 0. The summed E-state index contributed by atoms with van der Waals surface area (Å²) in [5.41, 5.74) is -1.47. The fourth-order valence-corrected chi connectivity index (χ4v) is 6.36. The Kier molecular flexibility index (Phi) is 4.23. The topological polar surface area (TPSA) is 0 Å². The Morgan fingerprint density at radius 1 is 0.958 bits per heavy atom. The number of halogens is 6. The first-order chi connectivity index (χ1) is 11.0. The van der Waals surface area contributed by atoms with Crippen molar-refractivity contribution in [2.24, 2.45) is 5.41 Å². The molecule has 1 aliphatic rings. The average Bonchev–Trinajstić information content (AvgIpc) is 2.96.